The molecule has 0 amide bonds. The normalized spacial score (nSPS) is 11.5. The van der Waals surface area contributed by atoms with E-state index >= 15 is 0 Å². The topological polar surface area (TPSA) is 44.2 Å². The molecule has 0 saturated heterocycles. The van der Waals surface area contributed by atoms with Crippen molar-refractivity contribution in [1.29, 1.82) is 0 Å². The molecule has 0 unspecified atom stereocenters. The van der Waals surface area contributed by atoms with E-state index in [0.717, 1.165) is 89.7 Å². The van der Waals surface area contributed by atoms with Crippen LogP contribution in [0.5, 0.6) is 11.5 Å². The van der Waals surface area contributed by atoms with E-state index in [1.807, 2.05) is 24.3 Å². The largest absolute Gasteiger partial charge is 0.494 e. The minimum Gasteiger partial charge on any atom is -0.494 e. The summed E-state index contributed by atoms with van der Waals surface area (Å²) in [7, 11) is 0. The van der Waals surface area contributed by atoms with Crippen LogP contribution >= 0.6 is 31.9 Å². The number of para-hydroxylation sites is 2. The van der Waals surface area contributed by atoms with E-state index in [4.69, 9.17) is 19.4 Å². The first-order valence-corrected chi connectivity index (χ1v) is 15.0. The van der Waals surface area contributed by atoms with Gasteiger partial charge in [-0.25, -0.2) is 9.97 Å². The van der Waals surface area contributed by atoms with Gasteiger partial charge >= 0.3 is 0 Å². The number of pyridine rings is 2. The van der Waals surface area contributed by atoms with Crippen molar-refractivity contribution in [2.75, 3.05) is 23.9 Å². The first-order chi connectivity index (χ1) is 18.8. The van der Waals surface area contributed by atoms with Gasteiger partial charge in [-0.15, -0.1) is 0 Å². The fourth-order valence-electron chi connectivity index (χ4n) is 4.95. The van der Waals surface area contributed by atoms with Gasteiger partial charge in [-0.1, -0.05) is 68.3 Å². The number of fused-ring (bicyclic) bond motifs is 4. The summed E-state index contributed by atoms with van der Waals surface area (Å²) in [5.74, 6) is 1.69. The van der Waals surface area contributed by atoms with Crippen LogP contribution in [0.4, 0.5) is 0 Å². The van der Waals surface area contributed by atoms with Crippen molar-refractivity contribution < 1.29 is 9.47 Å². The number of rotatable bonds is 9. The smallest absolute Gasteiger partial charge is 0.120 e. The van der Waals surface area contributed by atoms with E-state index < -0.39 is 0 Å². The average molecular weight is 630 g/mol. The number of ether oxygens (including phenoxy) is 2. The van der Waals surface area contributed by atoms with Crippen LogP contribution in [-0.2, 0) is 0 Å². The second-order valence-electron chi connectivity index (χ2n) is 9.15. The molecular weight excluding hydrogens is 604 g/mol. The molecule has 6 aromatic rings. The third kappa shape index (κ3) is 4.83. The van der Waals surface area contributed by atoms with Crippen molar-refractivity contribution in [2.24, 2.45) is 0 Å². The van der Waals surface area contributed by atoms with Crippen LogP contribution in [0.25, 0.3) is 54.7 Å². The summed E-state index contributed by atoms with van der Waals surface area (Å²) < 4.78 is 12.2. The lowest BCUT2D eigenvalue weighted by atomic mass is 9.90. The summed E-state index contributed by atoms with van der Waals surface area (Å²) in [6.45, 7) is 1.31. The minimum absolute atomic E-state index is 0.656. The highest BCUT2D eigenvalue weighted by Gasteiger charge is 2.19. The highest BCUT2D eigenvalue weighted by atomic mass is 79.9. The maximum Gasteiger partial charge on any atom is 0.120 e. The molecule has 0 bridgehead atoms. The quantitative estimate of drug-likeness (QED) is 0.0909. The average Bonchev–Trinajstić information content (AvgIpc) is 2.95. The lowest BCUT2D eigenvalue weighted by molar-refractivity contribution is 0.319. The highest BCUT2D eigenvalue weighted by Crippen LogP contribution is 2.43. The number of benzene rings is 4. The zero-order valence-corrected chi connectivity index (χ0v) is 24.0. The second-order valence-corrected chi connectivity index (χ2v) is 10.7. The van der Waals surface area contributed by atoms with Gasteiger partial charge in [-0.05, 0) is 61.4 Å². The SMILES string of the molecule is BrCCCOc1ccc2nc3ccccc3c(-c3c4ccccc4nc4ccc(OCCCBr)cc34)c2c1. The molecule has 6 rings (SSSR count). The van der Waals surface area contributed by atoms with E-state index in [1.54, 1.807) is 0 Å². The molecular formula is C32H26Br2N2O2. The Morgan fingerprint density at radius 2 is 0.921 bits per heavy atom. The standard InChI is InChI=1S/C32H26Br2N2O2/c33-15-5-17-37-21-11-13-29-25(19-21)31(23-7-1-3-9-27(23)35-29)32-24-8-2-4-10-28(24)36-30-14-12-22(20-26(30)32)38-18-6-16-34/h1-4,7-14,19-20H,5-6,15-18H2. The highest BCUT2D eigenvalue weighted by molar-refractivity contribution is 9.09. The number of hydrogen-bond donors (Lipinski definition) is 0. The van der Waals surface area contributed by atoms with Gasteiger partial charge in [0.2, 0.25) is 0 Å². The first-order valence-electron chi connectivity index (χ1n) is 12.8. The summed E-state index contributed by atoms with van der Waals surface area (Å²) in [4.78, 5) is 10.0. The van der Waals surface area contributed by atoms with E-state index in [0.29, 0.717) is 13.2 Å². The lowest BCUT2D eigenvalue weighted by Crippen LogP contribution is -1.99. The summed E-state index contributed by atoms with van der Waals surface area (Å²) in [5.41, 5.74) is 6.06. The molecule has 4 aromatic carbocycles. The molecule has 0 spiro atoms. The van der Waals surface area contributed by atoms with Crippen molar-refractivity contribution >= 4 is 75.5 Å². The van der Waals surface area contributed by atoms with Crippen LogP contribution in [0.2, 0.25) is 0 Å². The molecule has 6 heteroatoms. The molecule has 0 N–H and O–H groups in total. The lowest BCUT2D eigenvalue weighted by Gasteiger charge is -2.17. The molecule has 2 heterocycles. The fourth-order valence-corrected chi connectivity index (χ4v) is 5.41. The fraction of sp³-hybridized carbons (Fsp3) is 0.188. The van der Waals surface area contributed by atoms with Crippen LogP contribution in [0.15, 0.2) is 84.9 Å². The van der Waals surface area contributed by atoms with Crippen molar-refractivity contribution in [2.45, 2.75) is 12.8 Å². The monoisotopic (exact) mass is 628 g/mol. The molecule has 0 aliphatic heterocycles. The first kappa shape index (κ1) is 25.1. The van der Waals surface area contributed by atoms with Crippen LogP contribution in [0, 0.1) is 0 Å². The summed E-state index contributed by atoms with van der Waals surface area (Å²) in [5, 5.41) is 6.13. The zero-order chi connectivity index (χ0) is 25.9. The van der Waals surface area contributed by atoms with Gasteiger partial charge in [0, 0.05) is 43.3 Å². The number of alkyl halides is 2. The van der Waals surface area contributed by atoms with Gasteiger partial charge in [-0.3, -0.25) is 0 Å². The number of hydrogen-bond acceptors (Lipinski definition) is 4. The Labute approximate surface area is 238 Å². The third-order valence-electron chi connectivity index (χ3n) is 6.65. The Hall–Kier alpha value is -3.22. The zero-order valence-electron chi connectivity index (χ0n) is 20.8. The van der Waals surface area contributed by atoms with Gasteiger partial charge in [0.05, 0.1) is 35.3 Å². The Bertz CT molecular complexity index is 1640. The maximum atomic E-state index is 6.11. The van der Waals surface area contributed by atoms with Crippen molar-refractivity contribution in [3.63, 3.8) is 0 Å². The minimum atomic E-state index is 0.656. The Balaban J connectivity index is 1.69. The molecule has 0 atom stereocenters. The molecule has 2 aromatic heterocycles. The Kier molecular flexibility index (Phi) is 7.43. The Morgan fingerprint density at radius 3 is 1.37 bits per heavy atom. The van der Waals surface area contributed by atoms with Crippen LogP contribution < -0.4 is 9.47 Å². The molecule has 38 heavy (non-hydrogen) atoms. The van der Waals surface area contributed by atoms with Crippen molar-refractivity contribution in [1.82, 2.24) is 9.97 Å². The molecule has 0 aliphatic rings. The number of aromatic nitrogens is 2. The van der Waals surface area contributed by atoms with Gasteiger partial charge < -0.3 is 9.47 Å². The van der Waals surface area contributed by atoms with Gasteiger partial charge in [0.1, 0.15) is 11.5 Å². The maximum absolute atomic E-state index is 6.11. The summed E-state index contributed by atoms with van der Waals surface area (Å²) in [6, 6.07) is 29.2. The van der Waals surface area contributed by atoms with E-state index in [9.17, 15) is 0 Å². The molecule has 0 fully saturated rings. The van der Waals surface area contributed by atoms with E-state index in [-0.39, 0.29) is 0 Å². The molecule has 190 valence electrons. The molecule has 0 saturated carbocycles. The van der Waals surface area contributed by atoms with Gasteiger partial charge in [0.25, 0.3) is 0 Å². The van der Waals surface area contributed by atoms with Gasteiger partial charge in [-0.2, -0.15) is 0 Å². The van der Waals surface area contributed by atoms with Crippen LogP contribution in [0.3, 0.4) is 0 Å². The molecule has 4 nitrogen and oxygen atoms in total. The number of halogens is 2. The van der Waals surface area contributed by atoms with E-state index in [1.165, 1.54) is 0 Å². The van der Waals surface area contributed by atoms with Crippen molar-refractivity contribution in [3.05, 3.63) is 84.9 Å². The molecule has 0 aliphatic carbocycles. The summed E-state index contributed by atoms with van der Waals surface area (Å²) in [6.07, 6.45) is 1.89. The number of nitrogens with zero attached hydrogens (tertiary/aromatic N) is 2. The summed E-state index contributed by atoms with van der Waals surface area (Å²) >= 11 is 6.99. The predicted molar refractivity (Wildman–Crippen MR) is 165 cm³/mol. The third-order valence-corrected chi connectivity index (χ3v) is 7.77. The van der Waals surface area contributed by atoms with Crippen LogP contribution in [-0.4, -0.2) is 33.8 Å². The predicted octanol–water partition coefficient (Wildman–Crippen LogP) is 9.08. The van der Waals surface area contributed by atoms with Gasteiger partial charge in [0.15, 0.2) is 0 Å². The van der Waals surface area contributed by atoms with Crippen LogP contribution in [0.1, 0.15) is 12.8 Å². The second kappa shape index (κ2) is 11.3. The van der Waals surface area contributed by atoms with Crippen molar-refractivity contribution in [3.8, 4) is 22.6 Å². The Morgan fingerprint density at radius 1 is 0.500 bits per heavy atom. The molecule has 0 radical (unpaired) electrons. The van der Waals surface area contributed by atoms with E-state index in [2.05, 4.69) is 92.5 Å².